The molecule has 3 aliphatic rings. The third-order valence-electron chi connectivity index (χ3n) is 8.47. The Hall–Kier alpha value is -2.74. The molecule has 0 bridgehead atoms. The van der Waals surface area contributed by atoms with Gasteiger partial charge < -0.3 is 19.9 Å². The number of halogens is 1. The maximum absolute atomic E-state index is 15.2. The molecule has 0 amide bonds. The summed E-state index contributed by atoms with van der Waals surface area (Å²) < 4.78 is 20.5. The average Bonchev–Trinajstić information content (AvgIpc) is 3.56. The number of aromatic nitrogens is 1. The molecule has 0 unspecified atom stereocenters. The first-order chi connectivity index (χ1) is 17.6. The number of piperidine rings is 1. The molecule has 0 spiro atoms. The Kier molecular flexibility index (Phi) is 6.54. The first-order valence-electron chi connectivity index (χ1n) is 13.3. The lowest BCUT2D eigenvalue weighted by atomic mass is 9.79. The van der Waals surface area contributed by atoms with Crippen molar-refractivity contribution in [2.75, 3.05) is 33.3 Å². The Bertz CT molecular complexity index is 1240. The number of hydrogen-bond acceptors (Lipinski definition) is 5. The summed E-state index contributed by atoms with van der Waals surface area (Å²) >= 11 is 0. The predicted molar refractivity (Wildman–Crippen MR) is 138 cm³/mol. The van der Waals surface area contributed by atoms with Gasteiger partial charge in [0.2, 0.25) is 0 Å². The molecule has 6 rings (SSSR count). The lowest BCUT2D eigenvalue weighted by Crippen LogP contribution is -2.56. The van der Waals surface area contributed by atoms with Gasteiger partial charge in [-0.1, -0.05) is 36.4 Å². The number of rotatable bonds is 6. The number of nitrogens with one attached hydrogen (secondary N) is 2. The van der Waals surface area contributed by atoms with Gasteiger partial charge in [-0.2, -0.15) is 0 Å². The molecule has 190 valence electrons. The summed E-state index contributed by atoms with van der Waals surface area (Å²) in [6, 6.07) is 14.8. The molecule has 2 N–H and O–H groups in total. The van der Waals surface area contributed by atoms with E-state index in [2.05, 4.69) is 32.2 Å². The smallest absolute Gasteiger partial charge is 0.323 e. The molecule has 2 saturated heterocycles. The molecule has 2 fully saturated rings. The van der Waals surface area contributed by atoms with Crippen molar-refractivity contribution >= 4 is 16.9 Å². The molecule has 3 aromatic rings. The van der Waals surface area contributed by atoms with Crippen molar-refractivity contribution in [2.24, 2.45) is 0 Å². The molecule has 36 heavy (non-hydrogen) atoms. The third-order valence-corrected chi connectivity index (χ3v) is 8.47. The van der Waals surface area contributed by atoms with Crippen molar-refractivity contribution in [1.82, 2.24) is 20.1 Å². The molecular formula is C29H35FN4O2. The summed E-state index contributed by atoms with van der Waals surface area (Å²) in [6.45, 7) is 4.32. The van der Waals surface area contributed by atoms with Crippen molar-refractivity contribution in [1.29, 1.82) is 0 Å². The van der Waals surface area contributed by atoms with Crippen LogP contribution in [-0.2, 0) is 16.0 Å². The third kappa shape index (κ3) is 4.23. The standard InChI is InChI=1S/C29H35FN4O2/c1-36-29(35)27-18-22-20-8-3-5-11-24(20)32-28(22)26-17-19(31-12-15-33-13-6-7-14-33)16-25(34(26)27)21-9-2-4-10-23(21)30/h2-5,8-11,19,25-27,31-32H,6-7,12-18H2,1H3/t19-,25-,26+,27-/m0/s1. The number of hydrogen-bond donors (Lipinski definition) is 2. The van der Waals surface area contributed by atoms with Crippen LogP contribution in [0.5, 0.6) is 0 Å². The van der Waals surface area contributed by atoms with Crippen LogP contribution < -0.4 is 5.32 Å². The number of carbonyl (C=O) groups is 1. The van der Waals surface area contributed by atoms with Crippen LogP contribution in [-0.4, -0.2) is 66.1 Å². The first-order valence-corrected chi connectivity index (χ1v) is 13.3. The molecule has 0 saturated carbocycles. The number of esters is 1. The number of carbonyl (C=O) groups excluding carboxylic acids is 1. The molecular weight excluding hydrogens is 455 g/mol. The summed E-state index contributed by atoms with van der Waals surface area (Å²) in [6.07, 6.45) is 4.74. The molecule has 0 aliphatic carbocycles. The topological polar surface area (TPSA) is 60.6 Å². The summed E-state index contributed by atoms with van der Waals surface area (Å²) in [5.74, 6) is -0.470. The Morgan fingerprint density at radius 2 is 1.83 bits per heavy atom. The van der Waals surface area contributed by atoms with E-state index in [-0.39, 0.29) is 29.9 Å². The van der Waals surface area contributed by atoms with Crippen LogP contribution in [0.2, 0.25) is 0 Å². The molecule has 3 aliphatic heterocycles. The van der Waals surface area contributed by atoms with Crippen molar-refractivity contribution in [3.8, 4) is 0 Å². The van der Waals surface area contributed by atoms with E-state index in [1.807, 2.05) is 24.3 Å². The van der Waals surface area contributed by atoms with Gasteiger partial charge >= 0.3 is 5.97 Å². The molecule has 1 aromatic heterocycles. The molecule has 6 nitrogen and oxygen atoms in total. The van der Waals surface area contributed by atoms with Crippen LogP contribution in [0.25, 0.3) is 10.9 Å². The van der Waals surface area contributed by atoms with E-state index in [1.165, 1.54) is 44.7 Å². The molecule has 2 aromatic carbocycles. The maximum Gasteiger partial charge on any atom is 0.323 e. The minimum absolute atomic E-state index is 0.0344. The van der Waals surface area contributed by atoms with Crippen molar-refractivity contribution in [3.05, 3.63) is 71.2 Å². The van der Waals surface area contributed by atoms with Gasteiger partial charge in [0.05, 0.1) is 13.2 Å². The lowest BCUT2D eigenvalue weighted by Gasteiger charge is -2.50. The number of aromatic amines is 1. The Labute approximate surface area is 211 Å². The number of benzene rings is 2. The van der Waals surface area contributed by atoms with Gasteiger partial charge in [0.15, 0.2) is 0 Å². The first kappa shape index (κ1) is 23.6. The Morgan fingerprint density at radius 1 is 1.08 bits per heavy atom. The summed E-state index contributed by atoms with van der Waals surface area (Å²) in [7, 11) is 1.45. The van der Waals surface area contributed by atoms with Crippen LogP contribution >= 0.6 is 0 Å². The highest BCUT2D eigenvalue weighted by Crippen LogP contribution is 2.49. The van der Waals surface area contributed by atoms with Gasteiger partial charge in [-0.15, -0.1) is 0 Å². The van der Waals surface area contributed by atoms with Crippen LogP contribution in [0.4, 0.5) is 4.39 Å². The number of likely N-dealkylation sites (tertiary alicyclic amines) is 1. The molecule has 4 heterocycles. The second-order valence-electron chi connectivity index (χ2n) is 10.5. The lowest BCUT2D eigenvalue weighted by molar-refractivity contribution is -0.152. The van der Waals surface area contributed by atoms with Crippen LogP contribution in [0.1, 0.15) is 54.6 Å². The molecule has 4 atom stereocenters. The largest absolute Gasteiger partial charge is 0.468 e. The normalized spacial score (nSPS) is 26.6. The van der Waals surface area contributed by atoms with Crippen LogP contribution in [0.3, 0.4) is 0 Å². The highest BCUT2D eigenvalue weighted by Gasteiger charge is 2.48. The van der Waals surface area contributed by atoms with Gasteiger partial charge in [0.1, 0.15) is 11.9 Å². The average molecular weight is 491 g/mol. The minimum Gasteiger partial charge on any atom is -0.468 e. The van der Waals surface area contributed by atoms with E-state index in [0.29, 0.717) is 12.0 Å². The van der Waals surface area contributed by atoms with Crippen molar-refractivity contribution < 1.29 is 13.9 Å². The second kappa shape index (κ2) is 9.96. The van der Waals surface area contributed by atoms with Crippen molar-refractivity contribution in [2.45, 2.75) is 56.3 Å². The fourth-order valence-electron chi connectivity index (χ4n) is 6.79. The van der Waals surface area contributed by atoms with Gasteiger partial charge in [0, 0.05) is 53.8 Å². The van der Waals surface area contributed by atoms with Gasteiger partial charge in [-0.25, -0.2) is 4.39 Å². The highest BCUT2D eigenvalue weighted by molar-refractivity contribution is 5.87. The van der Waals surface area contributed by atoms with Crippen LogP contribution in [0, 0.1) is 5.82 Å². The van der Waals surface area contributed by atoms with Crippen molar-refractivity contribution in [3.63, 3.8) is 0 Å². The number of H-pyrrole nitrogens is 1. The van der Waals surface area contributed by atoms with E-state index in [0.717, 1.165) is 42.5 Å². The number of para-hydroxylation sites is 1. The fraction of sp³-hybridized carbons (Fsp3) is 0.483. The summed E-state index contributed by atoms with van der Waals surface area (Å²) in [5, 5.41) is 4.96. The summed E-state index contributed by atoms with van der Waals surface area (Å²) in [5.41, 5.74) is 4.08. The van der Waals surface area contributed by atoms with Gasteiger partial charge in [0.25, 0.3) is 0 Å². The highest BCUT2D eigenvalue weighted by atomic mass is 19.1. The van der Waals surface area contributed by atoms with E-state index in [9.17, 15) is 4.79 Å². The van der Waals surface area contributed by atoms with E-state index in [1.54, 1.807) is 6.07 Å². The number of methoxy groups -OCH3 is 1. The fourth-order valence-corrected chi connectivity index (χ4v) is 6.79. The zero-order chi connectivity index (χ0) is 24.6. The predicted octanol–water partition coefficient (Wildman–Crippen LogP) is 4.34. The second-order valence-corrected chi connectivity index (χ2v) is 10.5. The Balaban J connectivity index is 1.39. The zero-order valence-electron chi connectivity index (χ0n) is 20.9. The number of nitrogens with zero attached hydrogens (tertiary/aromatic N) is 2. The Morgan fingerprint density at radius 3 is 2.64 bits per heavy atom. The van der Waals surface area contributed by atoms with E-state index < -0.39 is 6.04 Å². The number of fused-ring (bicyclic) bond motifs is 5. The van der Waals surface area contributed by atoms with Gasteiger partial charge in [-0.3, -0.25) is 9.69 Å². The van der Waals surface area contributed by atoms with E-state index >= 15 is 4.39 Å². The maximum atomic E-state index is 15.2. The zero-order valence-corrected chi connectivity index (χ0v) is 20.9. The summed E-state index contributed by atoms with van der Waals surface area (Å²) in [4.78, 5) is 21.6. The van der Waals surface area contributed by atoms with Gasteiger partial charge in [-0.05, 0) is 56.5 Å². The minimum atomic E-state index is -0.457. The molecule has 7 heteroatoms. The monoisotopic (exact) mass is 490 g/mol. The van der Waals surface area contributed by atoms with E-state index in [4.69, 9.17) is 4.74 Å². The molecule has 0 radical (unpaired) electrons. The van der Waals surface area contributed by atoms with Crippen LogP contribution in [0.15, 0.2) is 48.5 Å². The quantitative estimate of drug-likeness (QED) is 0.504. The number of ether oxygens (including phenoxy) is 1. The SMILES string of the molecule is COC(=O)[C@@H]1Cc2c([nH]c3ccccc23)[C@H]2C[C@@H](NCCN3CCCC3)C[C@@H](c3ccccc3F)N21.